The number of hydrogen-bond acceptors (Lipinski definition) is 4. The molecule has 0 amide bonds. The van der Waals surface area contributed by atoms with Gasteiger partial charge >= 0.3 is 0 Å². The fourth-order valence-electron chi connectivity index (χ4n) is 3.32. The number of sulfonamides is 1. The van der Waals surface area contributed by atoms with E-state index in [2.05, 4.69) is 15.9 Å². The molecule has 1 N–H and O–H groups in total. The molecule has 1 aromatic rings. The Morgan fingerprint density at radius 3 is 2.85 bits per heavy atom. The highest BCUT2D eigenvalue weighted by Gasteiger charge is 2.45. The number of rotatable bonds is 2. The molecule has 20 heavy (non-hydrogen) atoms. The van der Waals surface area contributed by atoms with Gasteiger partial charge in [0.05, 0.1) is 9.39 Å². The maximum atomic E-state index is 12.6. The Bertz CT molecular complexity index is 601. The topological polar surface area (TPSA) is 57.6 Å². The quantitative estimate of drug-likeness (QED) is 0.859. The third-order valence-corrected chi connectivity index (χ3v) is 8.49. The highest BCUT2D eigenvalue weighted by molar-refractivity contribution is 9.11. The molecular formula is C13H18BrNO3S2. The monoisotopic (exact) mass is 379 g/mol. The van der Waals surface area contributed by atoms with Gasteiger partial charge in [0.1, 0.15) is 4.21 Å². The zero-order valence-electron chi connectivity index (χ0n) is 11.1. The molecule has 0 radical (unpaired) electrons. The number of aliphatic hydroxyl groups is 1. The van der Waals surface area contributed by atoms with Crippen molar-refractivity contribution in [3.8, 4) is 0 Å². The Balaban J connectivity index is 1.82. The Hall–Kier alpha value is 0.0500. The molecule has 2 atom stereocenters. The molecule has 0 aromatic carbocycles. The molecule has 7 heteroatoms. The summed E-state index contributed by atoms with van der Waals surface area (Å²) in [7, 11) is -3.41. The number of piperidine rings is 1. The summed E-state index contributed by atoms with van der Waals surface area (Å²) in [5.41, 5.74) is -0.639. The maximum absolute atomic E-state index is 12.6. The van der Waals surface area contributed by atoms with Gasteiger partial charge in [0.25, 0.3) is 10.0 Å². The van der Waals surface area contributed by atoms with Gasteiger partial charge in [0.15, 0.2) is 0 Å². The number of nitrogens with zero attached hydrogens (tertiary/aromatic N) is 1. The molecule has 1 saturated carbocycles. The van der Waals surface area contributed by atoms with Crippen molar-refractivity contribution in [2.75, 3.05) is 13.1 Å². The highest BCUT2D eigenvalue weighted by atomic mass is 79.9. The van der Waals surface area contributed by atoms with Crippen LogP contribution in [0.15, 0.2) is 20.1 Å². The molecule has 1 saturated heterocycles. The fraction of sp³-hybridized carbons (Fsp3) is 0.692. The zero-order chi connectivity index (χ0) is 14.4. The SMILES string of the molecule is O=S(=O)(c1ccc(Br)s1)N1CCC2(O)CCCCC2C1. The Morgan fingerprint density at radius 2 is 2.15 bits per heavy atom. The third kappa shape index (κ3) is 2.59. The van der Waals surface area contributed by atoms with Crippen LogP contribution in [0.2, 0.25) is 0 Å². The first-order valence-electron chi connectivity index (χ1n) is 6.90. The Kier molecular flexibility index (Phi) is 4.01. The predicted molar refractivity (Wildman–Crippen MR) is 82.3 cm³/mol. The molecule has 1 aliphatic carbocycles. The van der Waals surface area contributed by atoms with Crippen molar-refractivity contribution in [2.24, 2.45) is 5.92 Å². The molecule has 4 nitrogen and oxygen atoms in total. The van der Waals surface area contributed by atoms with Gasteiger partial charge in [-0.1, -0.05) is 12.8 Å². The summed E-state index contributed by atoms with van der Waals surface area (Å²) in [4.78, 5) is 0. The average Bonchev–Trinajstić information content (AvgIpc) is 2.85. The van der Waals surface area contributed by atoms with E-state index in [0.717, 1.165) is 29.5 Å². The van der Waals surface area contributed by atoms with Crippen molar-refractivity contribution in [1.29, 1.82) is 0 Å². The second-order valence-corrected chi connectivity index (χ2v) is 10.3. The minimum atomic E-state index is -3.41. The van der Waals surface area contributed by atoms with Crippen molar-refractivity contribution in [1.82, 2.24) is 4.31 Å². The third-order valence-electron chi connectivity index (χ3n) is 4.53. The molecule has 2 unspecified atom stereocenters. The zero-order valence-corrected chi connectivity index (χ0v) is 14.3. The lowest BCUT2D eigenvalue weighted by atomic mass is 9.72. The maximum Gasteiger partial charge on any atom is 0.252 e. The molecule has 2 fully saturated rings. The molecule has 1 aromatic heterocycles. The minimum absolute atomic E-state index is 0.0863. The van der Waals surface area contributed by atoms with E-state index in [1.54, 1.807) is 16.4 Å². The van der Waals surface area contributed by atoms with Gasteiger partial charge in [0.2, 0.25) is 0 Å². The second-order valence-electron chi connectivity index (χ2n) is 5.72. The van der Waals surface area contributed by atoms with Crippen molar-refractivity contribution in [3.05, 3.63) is 15.9 Å². The molecule has 112 valence electrons. The number of fused-ring (bicyclic) bond motifs is 1. The van der Waals surface area contributed by atoms with Crippen LogP contribution in [0.4, 0.5) is 0 Å². The largest absolute Gasteiger partial charge is 0.390 e. The van der Waals surface area contributed by atoms with Crippen LogP contribution < -0.4 is 0 Å². The highest BCUT2D eigenvalue weighted by Crippen LogP contribution is 2.41. The van der Waals surface area contributed by atoms with Gasteiger partial charge in [-0.2, -0.15) is 4.31 Å². The lowest BCUT2D eigenvalue weighted by molar-refractivity contribution is -0.0816. The summed E-state index contributed by atoms with van der Waals surface area (Å²) in [6.45, 7) is 0.874. The number of thiophene rings is 1. The average molecular weight is 380 g/mol. The Labute approximate surface area is 132 Å². The van der Waals surface area contributed by atoms with Crippen LogP contribution in [-0.4, -0.2) is 36.5 Å². The molecule has 1 aliphatic heterocycles. The first-order valence-corrected chi connectivity index (χ1v) is 9.95. The summed E-state index contributed by atoms with van der Waals surface area (Å²) < 4.78 is 28.0. The molecule has 2 heterocycles. The van der Waals surface area contributed by atoms with Crippen LogP contribution in [0.5, 0.6) is 0 Å². The van der Waals surface area contributed by atoms with Gasteiger partial charge in [-0.15, -0.1) is 11.3 Å². The number of halogens is 1. The Morgan fingerprint density at radius 1 is 1.35 bits per heavy atom. The van der Waals surface area contributed by atoms with E-state index in [1.807, 2.05) is 0 Å². The van der Waals surface area contributed by atoms with E-state index in [9.17, 15) is 13.5 Å². The second kappa shape index (κ2) is 5.35. The lowest BCUT2D eigenvalue weighted by Gasteiger charge is -2.46. The van der Waals surface area contributed by atoms with Crippen LogP contribution in [0.3, 0.4) is 0 Å². The normalized spacial score (nSPS) is 32.0. The molecular weight excluding hydrogens is 362 g/mol. The van der Waals surface area contributed by atoms with Gasteiger partial charge < -0.3 is 5.11 Å². The van der Waals surface area contributed by atoms with E-state index in [1.165, 1.54) is 11.3 Å². The summed E-state index contributed by atoms with van der Waals surface area (Å²) >= 11 is 4.55. The van der Waals surface area contributed by atoms with E-state index in [-0.39, 0.29) is 5.92 Å². The smallest absolute Gasteiger partial charge is 0.252 e. The van der Waals surface area contributed by atoms with Gasteiger partial charge in [-0.25, -0.2) is 8.42 Å². The number of hydrogen-bond donors (Lipinski definition) is 1. The summed E-state index contributed by atoms with van der Waals surface area (Å²) in [6.07, 6.45) is 4.44. The van der Waals surface area contributed by atoms with Crippen molar-refractivity contribution < 1.29 is 13.5 Å². The van der Waals surface area contributed by atoms with Crippen LogP contribution in [0.1, 0.15) is 32.1 Å². The lowest BCUT2D eigenvalue weighted by Crippen LogP contribution is -2.54. The first-order chi connectivity index (χ1) is 9.42. The molecule has 2 aliphatic rings. The van der Waals surface area contributed by atoms with Crippen molar-refractivity contribution >= 4 is 37.3 Å². The summed E-state index contributed by atoms with van der Waals surface area (Å²) in [6, 6.07) is 3.41. The summed E-state index contributed by atoms with van der Waals surface area (Å²) in [5.74, 6) is 0.0863. The van der Waals surface area contributed by atoms with Crippen molar-refractivity contribution in [2.45, 2.75) is 41.9 Å². The van der Waals surface area contributed by atoms with Crippen LogP contribution in [0, 0.1) is 5.92 Å². The standard InChI is InChI=1S/C13H18BrNO3S2/c14-11-4-5-12(19-11)20(17,18)15-8-7-13(16)6-2-1-3-10(13)9-15/h4-5,10,16H,1-3,6-9H2. The van der Waals surface area contributed by atoms with Crippen LogP contribution in [-0.2, 0) is 10.0 Å². The molecule has 0 spiro atoms. The van der Waals surface area contributed by atoms with Crippen molar-refractivity contribution in [3.63, 3.8) is 0 Å². The van der Waals surface area contributed by atoms with Crippen LogP contribution in [0.25, 0.3) is 0 Å². The van der Waals surface area contributed by atoms with E-state index in [4.69, 9.17) is 0 Å². The fourth-order valence-corrected chi connectivity index (χ4v) is 6.97. The van der Waals surface area contributed by atoms with Gasteiger partial charge in [-0.3, -0.25) is 0 Å². The van der Waals surface area contributed by atoms with E-state index >= 15 is 0 Å². The van der Waals surface area contributed by atoms with Crippen LogP contribution >= 0.6 is 27.3 Å². The predicted octanol–water partition coefficient (Wildman–Crippen LogP) is 2.83. The van der Waals surface area contributed by atoms with E-state index < -0.39 is 15.6 Å². The van der Waals surface area contributed by atoms with Gasteiger partial charge in [-0.05, 0) is 47.3 Å². The minimum Gasteiger partial charge on any atom is -0.390 e. The summed E-state index contributed by atoms with van der Waals surface area (Å²) in [5, 5.41) is 10.6. The molecule has 0 bridgehead atoms. The first kappa shape index (κ1) is 15.0. The van der Waals surface area contributed by atoms with Gasteiger partial charge in [0, 0.05) is 19.0 Å². The molecule has 3 rings (SSSR count). The van der Waals surface area contributed by atoms with E-state index in [0.29, 0.717) is 23.7 Å².